The van der Waals surface area contributed by atoms with Crippen molar-refractivity contribution in [1.82, 2.24) is 0 Å². The molecule has 1 amide bonds. The summed E-state index contributed by atoms with van der Waals surface area (Å²) in [5.41, 5.74) is 4.38. The summed E-state index contributed by atoms with van der Waals surface area (Å²) in [6.07, 6.45) is 3.16. The molecular formula is C32H34N2O3. The second-order valence-electron chi connectivity index (χ2n) is 10.7. The quantitative estimate of drug-likeness (QED) is 0.365. The molecule has 5 rings (SSSR count). The van der Waals surface area contributed by atoms with E-state index in [0.29, 0.717) is 24.2 Å². The number of fused-ring (bicyclic) bond motifs is 1. The van der Waals surface area contributed by atoms with Crippen LogP contribution in [0.15, 0.2) is 90.1 Å². The predicted molar refractivity (Wildman–Crippen MR) is 148 cm³/mol. The van der Waals surface area contributed by atoms with Crippen LogP contribution in [0.2, 0.25) is 0 Å². The van der Waals surface area contributed by atoms with Gasteiger partial charge >= 0.3 is 0 Å². The Kier molecular flexibility index (Phi) is 6.88. The highest BCUT2D eigenvalue weighted by molar-refractivity contribution is 6.12. The van der Waals surface area contributed by atoms with E-state index in [1.165, 1.54) is 0 Å². The van der Waals surface area contributed by atoms with Crippen molar-refractivity contribution in [2.45, 2.75) is 52.5 Å². The molecule has 0 bridgehead atoms. The minimum absolute atomic E-state index is 0.0692. The van der Waals surface area contributed by atoms with E-state index in [1.807, 2.05) is 78.9 Å². The van der Waals surface area contributed by atoms with Gasteiger partial charge in [0, 0.05) is 23.3 Å². The average molecular weight is 495 g/mol. The molecular weight excluding hydrogens is 460 g/mol. The molecule has 0 aromatic heterocycles. The number of rotatable bonds is 6. The molecule has 1 aliphatic carbocycles. The number of hydrogen-bond donors (Lipinski definition) is 1. The molecule has 1 N–H and O–H groups in total. The molecule has 1 heterocycles. The minimum Gasteiger partial charge on any atom is -0.494 e. The predicted octanol–water partition coefficient (Wildman–Crippen LogP) is 7.32. The normalized spacial score (nSPS) is 18.4. The maximum absolute atomic E-state index is 14.2. The number of nitrogens with one attached hydrogen (secondary N) is 1. The Balaban J connectivity index is 1.72. The van der Waals surface area contributed by atoms with Crippen LogP contribution in [0.3, 0.4) is 0 Å². The van der Waals surface area contributed by atoms with E-state index in [1.54, 1.807) is 4.90 Å². The monoisotopic (exact) mass is 494 g/mol. The van der Waals surface area contributed by atoms with E-state index in [9.17, 15) is 9.59 Å². The fraction of sp³-hybridized carbons (Fsp3) is 0.312. The highest BCUT2D eigenvalue weighted by atomic mass is 16.5. The van der Waals surface area contributed by atoms with Crippen LogP contribution in [-0.4, -0.2) is 18.3 Å². The van der Waals surface area contributed by atoms with Crippen molar-refractivity contribution in [3.05, 3.63) is 101 Å². The number of hydrogen-bond acceptors (Lipinski definition) is 4. The highest BCUT2D eigenvalue weighted by Gasteiger charge is 2.43. The van der Waals surface area contributed by atoms with E-state index >= 15 is 0 Å². The standard InChI is InChI=1S/C32H34N2O3/c1-4-5-18-37-24-15-11-14-23(19-24)30-29-26(20-32(2,3)21-28(29)35)33-25-16-9-10-17-27(25)34(30)31(36)22-12-7-6-8-13-22/h6-17,19,30,33H,4-5,18,20-21H2,1-3H3/t30-/m0/s1. The summed E-state index contributed by atoms with van der Waals surface area (Å²) < 4.78 is 6.03. The molecule has 0 saturated carbocycles. The number of unbranched alkanes of at least 4 members (excludes halogenated alkanes) is 1. The summed E-state index contributed by atoms with van der Waals surface area (Å²) in [4.78, 5) is 29.9. The summed E-state index contributed by atoms with van der Waals surface area (Å²) in [7, 11) is 0. The van der Waals surface area contributed by atoms with Gasteiger partial charge in [0.25, 0.3) is 5.91 Å². The number of amides is 1. The lowest BCUT2D eigenvalue weighted by atomic mass is 9.73. The third-order valence-electron chi connectivity index (χ3n) is 7.08. The van der Waals surface area contributed by atoms with Crippen LogP contribution < -0.4 is 15.0 Å². The largest absolute Gasteiger partial charge is 0.494 e. The molecule has 5 nitrogen and oxygen atoms in total. The van der Waals surface area contributed by atoms with Gasteiger partial charge in [-0.25, -0.2) is 0 Å². The Labute approximate surface area is 219 Å². The molecule has 0 fully saturated rings. The van der Waals surface area contributed by atoms with Gasteiger partial charge in [0.05, 0.1) is 24.0 Å². The number of Topliss-reactive ketones (excluding diaryl/α,β-unsaturated/α-hetero) is 1. The van der Waals surface area contributed by atoms with Crippen LogP contribution in [-0.2, 0) is 4.79 Å². The molecule has 1 aliphatic heterocycles. The molecule has 0 radical (unpaired) electrons. The van der Waals surface area contributed by atoms with Crippen LogP contribution in [0.4, 0.5) is 11.4 Å². The zero-order valence-corrected chi connectivity index (χ0v) is 21.8. The molecule has 3 aromatic carbocycles. The second kappa shape index (κ2) is 10.3. The lowest BCUT2D eigenvalue weighted by molar-refractivity contribution is -0.118. The van der Waals surface area contributed by atoms with Crippen molar-refractivity contribution in [3.8, 4) is 5.75 Å². The molecule has 0 spiro atoms. The Morgan fingerprint density at radius 2 is 1.76 bits per heavy atom. The number of ketones is 1. The third-order valence-corrected chi connectivity index (χ3v) is 7.08. The Hall–Kier alpha value is -3.86. The van der Waals surface area contributed by atoms with E-state index < -0.39 is 6.04 Å². The average Bonchev–Trinajstić information content (AvgIpc) is 3.03. The number of allylic oxidation sites excluding steroid dienone is 1. The topological polar surface area (TPSA) is 58.6 Å². The minimum atomic E-state index is -0.586. The van der Waals surface area contributed by atoms with Crippen LogP contribution >= 0.6 is 0 Å². The second-order valence-corrected chi connectivity index (χ2v) is 10.7. The third kappa shape index (κ3) is 5.04. The van der Waals surface area contributed by atoms with Gasteiger partial charge in [-0.15, -0.1) is 0 Å². The molecule has 1 atom stereocenters. The van der Waals surface area contributed by atoms with Crippen LogP contribution in [0, 0.1) is 5.41 Å². The number of para-hydroxylation sites is 2. The number of benzene rings is 3. The van der Waals surface area contributed by atoms with Crippen LogP contribution in [0.1, 0.15) is 68.4 Å². The van der Waals surface area contributed by atoms with Gasteiger partial charge in [-0.3, -0.25) is 14.5 Å². The first kappa shape index (κ1) is 24.8. The smallest absolute Gasteiger partial charge is 0.259 e. The van der Waals surface area contributed by atoms with Gasteiger partial charge in [0.15, 0.2) is 5.78 Å². The van der Waals surface area contributed by atoms with Gasteiger partial charge < -0.3 is 10.1 Å². The van der Waals surface area contributed by atoms with E-state index in [4.69, 9.17) is 4.74 Å². The molecule has 0 unspecified atom stereocenters. The van der Waals surface area contributed by atoms with Gasteiger partial charge in [0.1, 0.15) is 5.75 Å². The Morgan fingerprint density at radius 1 is 1.00 bits per heavy atom. The summed E-state index contributed by atoms with van der Waals surface area (Å²) >= 11 is 0. The van der Waals surface area contributed by atoms with E-state index in [-0.39, 0.29) is 17.1 Å². The highest BCUT2D eigenvalue weighted by Crippen LogP contribution is 2.49. The van der Waals surface area contributed by atoms with Crippen molar-refractivity contribution < 1.29 is 14.3 Å². The zero-order chi connectivity index (χ0) is 26.0. The molecule has 3 aromatic rings. The number of carbonyl (C=O) groups is 2. The van der Waals surface area contributed by atoms with Crippen molar-refractivity contribution in [2.24, 2.45) is 5.41 Å². The number of nitrogens with zero attached hydrogens (tertiary/aromatic N) is 1. The molecule has 2 aliphatic rings. The SMILES string of the molecule is CCCCOc1cccc([C@H]2C3=C(CC(C)(C)CC3=O)Nc3ccccc3N2C(=O)c2ccccc2)c1. The van der Waals surface area contributed by atoms with Crippen molar-refractivity contribution in [1.29, 1.82) is 0 Å². The maximum Gasteiger partial charge on any atom is 0.259 e. The molecule has 37 heavy (non-hydrogen) atoms. The van der Waals surface area contributed by atoms with Gasteiger partial charge in [-0.2, -0.15) is 0 Å². The summed E-state index contributed by atoms with van der Waals surface area (Å²) in [5.74, 6) is 0.664. The lowest BCUT2D eigenvalue weighted by Crippen LogP contribution is -2.39. The first-order chi connectivity index (χ1) is 17.9. The van der Waals surface area contributed by atoms with Crippen molar-refractivity contribution in [2.75, 3.05) is 16.8 Å². The number of ether oxygens (including phenoxy) is 1. The Morgan fingerprint density at radius 3 is 2.54 bits per heavy atom. The first-order valence-electron chi connectivity index (χ1n) is 13.1. The zero-order valence-electron chi connectivity index (χ0n) is 21.8. The molecule has 5 heteroatoms. The number of carbonyl (C=O) groups excluding carboxylic acids is 2. The van der Waals surface area contributed by atoms with Gasteiger partial charge in [-0.05, 0) is 60.2 Å². The van der Waals surface area contributed by atoms with Crippen LogP contribution in [0.25, 0.3) is 0 Å². The van der Waals surface area contributed by atoms with E-state index in [2.05, 4.69) is 26.1 Å². The number of anilines is 2. The van der Waals surface area contributed by atoms with Gasteiger partial charge in [-0.1, -0.05) is 69.7 Å². The van der Waals surface area contributed by atoms with Gasteiger partial charge in [0.2, 0.25) is 0 Å². The van der Waals surface area contributed by atoms with E-state index in [0.717, 1.165) is 47.6 Å². The fourth-order valence-electron chi connectivity index (χ4n) is 5.35. The molecule has 190 valence electrons. The summed E-state index contributed by atoms with van der Waals surface area (Å²) in [5, 5.41) is 3.57. The Bertz CT molecular complexity index is 1340. The van der Waals surface area contributed by atoms with Crippen molar-refractivity contribution in [3.63, 3.8) is 0 Å². The summed E-state index contributed by atoms with van der Waals surface area (Å²) in [6, 6.07) is 24.4. The maximum atomic E-state index is 14.2. The van der Waals surface area contributed by atoms with Crippen LogP contribution in [0.5, 0.6) is 5.75 Å². The fourth-order valence-corrected chi connectivity index (χ4v) is 5.35. The summed E-state index contributed by atoms with van der Waals surface area (Å²) in [6.45, 7) is 7.00. The first-order valence-corrected chi connectivity index (χ1v) is 13.1. The lowest BCUT2D eigenvalue weighted by Gasteiger charge is -2.37. The van der Waals surface area contributed by atoms with Crippen molar-refractivity contribution >= 4 is 23.1 Å². The molecule has 0 saturated heterocycles.